The summed E-state index contributed by atoms with van der Waals surface area (Å²) in [7, 11) is 0. The van der Waals surface area contributed by atoms with E-state index in [-0.39, 0.29) is 5.91 Å². The summed E-state index contributed by atoms with van der Waals surface area (Å²) < 4.78 is 0. The first-order valence-electron chi connectivity index (χ1n) is 9.81. The van der Waals surface area contributed by atoms with Crippen molar-refractivity contribution in [1.29, 1.82) is 5.26 Å². The number of rotatable bonds is 5. The summed E-state index contributed by atoms with van der Waals surface area (Å²) in [6, 6.07) is 19.3. The third-order valence-corrected chi connectivity index (χ3v) is 5.57. The molecular weight excluding hydrogens is 396 g/mol. The molecule has 2 aromatic carbocycles. The third-order valence-electron chi connectivity index (χ3n) is 5.34. The lowest BCUT2D eigenvalue weighted by Gasteiger charge is -2.36. The first kappa shape index (κ1) is 19.9. The lowest BCUT2D eigenvalue weighted by Crippen LogP contribution is -2.50. The average molecular weight is 417 g/mol. The van der Waals surface area contributed by atoms with Crippen LogP contribution >= 0.6 is 11.6 Å². The minimum atomic E-state index is 0.0994. The number of nitriles is 1. The summed E-state index contributed by atoms with van der Waals surface area (Å²) in [5.74, 6) is 0.0994. The van der Waals surface area contributed by atoms with Gasteiger partial charge < -0.3 is 9.80 Å². The van der Waals surface area contributed by atoms with Gasteiger partial charge >= 0.3 is 0 Å². The number of halogens is 1. The number of pyridine rings is 1. The van der Waals surface area contributed by atoms with Crippen molar-refractivity contribution >= 4 is 23.2 Å². The van der Waals surface area contributed by atoms with Gasteiger partial charge in [-0.3, -0.25) is 9.78 Å². The van der Waals surface area contributed by atoms with Crippen molar-refractivity contribution in [2.75, 3.05) is 24.5 Å². The van der Waals surface area contributed by atoms with Crippen molar-refractivity contribution in [3.05, 3.63) is 94.3 Å². The number of benzene rings is 2. The smallest absolute Gasteiger partial charge is 0.242 e. The Bertz CT molecular complexity index is 1090. The lowest BCUT2D eigenvalue weighted by atomic mass is 10.0. The Balaban J connectivity index is 1.44. The summed E-state index contributed by atoms with van der Waals surface area (Å²) in [6.07, 6.45) is 4.34. The topological polar surface area (TPSA) is 60.2 Å². The fourth-order valence-electron chi connectivity index (χ4n) is 3.66. The summed E-state index contributed by atoms with van der Waals surface area (Å²) in [4.78, 5) is 21.0. The molecule has 5 nitrogen and oxygen atoms in total. The monoisotopic (exact) mass is 416 g/mol. The highest BCUT2D eigenvalue weighted by Gasteiger charge is 2.25. The molecule has 1 aliphatic heterocycles. The lowest BCUT2D eigenvalue weighted by molar-refractivity contribution is -0.131. The van der Waals surface area contributed by atoms with Crippen LogP contribution in [0, 0.1) is 11.3 Å². The van der Waals surface area contributed by atoms with Crippen LogP contribution in [0.25, 0.3) is 0 Å². The summed E-state index contributed by atoms with van der Waals surface area (Å²) in [5, 5.41) is 9.64. The quantitative estimate of drug-likeness (QED) is 0.629. The van der Waals surface area contributed by atoms with E-state index in [2.05, 4.69) is 16.0 Å². The van der Waals surface area contributed by atoms with Gasteiger partial charge in [0.25, 0.3) is 0 Å². The second-order valence-corrected chi connectivity index (χ2v) is 7.78. The molecule has 0 bridgehead atoms. The van der Waals surface area contributed by atoms with E-state index in [1.165, 1.54) is 0 Å². The average Bonchev–Trinajstić information content (AvgIpc) is 2.77. The molecule has 3 aromatic rings. The molecule has 1 aromatic heterocycles. The van der Waals surface area contributed by atoms with Crippen LogP contribution in [0.2, 0.25) is 5.02 Å². The van der Waals surface area contributed by atoms with Gasteiger partial charge in [-0.05, 0) is 59.5 Å². The molecule has 4 rings (SSSR count). The van der Waals surface area contributed by atoms with E-state index in [0.29, 0.717) is 36.6 Å². The molecule has 1 saturated heterocycles. The molecule has 0 saturated carbocycles. The molecule has 1 amide bonds. The molecule has 0 spiro atoms. The van der Waals surface area contributed by atoms with Crippen LogP contribution in [0.4, 0.5) is 5.69 Å². The van der Waals surface area contributed by atoms with E-state index < -0.39 is 0 Å². The van der Waals surface area contributed by atoms with Crippen molar-refractivity contribution in [3.8, 4) is 6.07 Å². The zero-order valence-corrected chi connectivity index (χ0v) is 17.2. The molecule has 150 valence electrons. The fourth-order valence-corrected chi connectivity index (χ4v) is 3.85. The molecule has 0 N–H and O–H groups in total. The number of hydrogen-bond donors (Lipinski definition) is 0. The summed E-state index contributed by atoms with van der Waals surface area (Å²) in [5.41, 5.74) is 4.92. The second kappa shape index (κ2) is 8.98. The molecule has 2 heterocycles. The van der Waals surface area contributed by atoms with E-state index in [0.717, 1.165) is 28.9 Å². The highest BCUT2D eigenvalue weighted by Crippen LogP contribution is 2.22. The maximum absolute atomic E-state index is 12.8. The van der Waals surface area contributed by atoms with Crippen LogP contribution in [0.3, 0.4) is 0 Å². The third kappa shape index (κ3) is 4.61. The Morgan fingerprint density at radius 2 is 1.90 bits per heavy atom. The first-order valence-corrected chi connectivity index (χ1v) is 10.2. The van der Waals surface area contributed by atoms with E-state index in [1.54, 1.807) is 6.20 Å². The van der Waals surface area contributed by atoms with Crippen molar-refractivity contribution in [2.45, 2.75) is 13.0 Å². The van der Waals surface area contributed by atoms with Gasteiger partial charge in [-0.2, -0.15) is 5.26 Å². The Morgan fingerprint density at radius 1 is 1.07 bits per heavy atom. The molecule has 1 fully saturated rings. The Kier molecular flexibility index (Phi) is 5.97. The van der Waals surface area contributed by atoms with Crippen molar-refractivity contribution in [1.82, 2.24) is 9.88 Å². The molecule has 1 aliphatic rings. The van der Waals surface area contributed by atoms with Gasteiger partial charge in [-0.25, -0.2) is 0 Å². The predicted octanol–water partition coefficient (Wildman–Crippen LogP) is 4.05. The van der Waals surface area contributed by atoms with Crippen LogP contribution < -0.4 is 4.90 Å². The number of anilines is 1. The minimum absolute atomic E-state index is 0.0994. The Labute approximate surface area is 181 Å². The van der Waals surface area contributed by atoms with Gasteiger partial charge in [0.2, 0.25) is 5.91 Å². The molecule has 30 heavy (non-hydrogen) atoms. The van der Waals surface area contributed by atoms with Crippen LogP contribution in [-0.2, 0) is 17.8 Å². The first-order chi connectivity index (χ1) is 14.6. The molecule has 0 unspecified atom stereocenters. The molecule has 0 radical (unpaired) electrons. The highest BCUT2D eigenvalue weighted by molar-refractivity contribution is 6.30. The van der Waals surface area contributed by atoms with E-state index in [9.17, 15) is 4.79 Å². The number of aromatic nitrogens is 1. The molecule has 0 atom stereocenters. The zero-order valence-electron chi connectivity index (χ0n) is 16.5. The number of amides is 1. The summed E-state index contributed by atoms with van der Waals surface area (Å²) >= 11 is 6.09. The largest absolute Gasteiger partial charge is 0.360 e. The van der Waals surface area contributed by atoms with E-state index in [1.807, 2.05) is 65.7 Å². The SMILES string of the molecule is N#Cc1ccc(Cc2cnccc2CN2CCN(c3cccc(Cl)c3)CC2=O)cc1. The van der Waals surface area contributed by atoms with Crippen molar-refractivity contribution < 1.29 is 4.79 Å². The highest BCUT2D eigenvalue weighted by atomic mass is 35.5. The molecule has 0 aliphatic carbocycles. The van der Waals surface area contributed by atoms with Gasteiger partial charge in [-0.15, -0.1) is 0 Å². The zero-order chi connectivity index (χ0) is 20.9. The van der Waals surface area contributed by atoms with Gasteiger partial charge in [0, 0.05) is 42.7 Å². The molecule has 6 heteroatoms. The van der Waals surface area contributed by atoms with E-state index in [4.69, 9.17) is 16.9 Å². The number of carbonyl (C=O) groups excluding carboxylic acids is 1. The second-order valence-electron chi connectivity index (χ2n) is 7.35. The maximum Gasteiger partial charge on any atom is 0.242 e. The Hall–Kier alpha value is -3.36. The normalized spacial score (nSPS) is 13.9. The fraction of sp³-hybridized carbons (Fsp3) is 0.208. The van der Waals surface area contributed by atoms with Gasteiger partial charge in [-0.1, -0.05) is 29.8 Å². The van der Waals surface area contributed by atoms with Crippen LogP contribution in [-0.4, -0.2) is 35.4 Å². The maximum atomic E-state index is 12.8. The van der Waals surface area contributed by atoms with E-state index >= 15 is 0 Å². The van der Waals surface area contributed by atoms with Crippen molar-refractivity contribution in [3.63, 3.8) is 0 Å². The van der Waals surface area contributed by atoms with Gasteiger partial charge in [0.05, 0.1) is 18.2 Å². The number of carbonyl (C=O) groups is 1. The van der Waals surface area contributed by atoms with Crippen LogP contribution in [0.5, 0.6) is 0 Å². The number of hydrogen-bond acceptors (Lipinski definition) is 4. The summed E-state index contributed by atoms with van der Waals surface area (Å²) in [6.45, 7) is 2.33. The van der Waals surface area contributed by atoms with Crippen LogP contribution in [0.15, 0.2) is 67.0 Å². The minimum Gasteiger partial charge on any atom is -0.360 e. The van der Waals surface area contributed by atoms with Gasteiger partial charge in [0.15, 0.2) is 0 Å². The van der Waals surface area contributed by atoms with Crippen molar-refractivity contribution in [2.24, 2.45) is 0 Å². The standard InChI is InChI=1S/C24H21ClN4O/c25-22-2-1-3-23(13-22)28-10-11-29(24(30)17-28)16-20-8-9-27-15-21(20)12-18-4-6-19(14-26)7-5-18/h1-9,13,15H,10-12,16-17H2. The predicted molar refractivity (Wildman–Crippen MR) is 117 cm³/mol. The molecular formula is C24H21ClN4O. The Morgan fingerprint density at radius 3 is 2.63 bits per heavy atom. The number of piperazine rings is 1. The van der Waals surface area contributed by atoms with Gasteiger partial charge in [0.1, 0.15) is 0 Å². The van der Waals surface area contributed by atoms with Crippen LogP contribution in [0.1, 0.15) is 22.3 Å². The number of nitrogens with zero attached hydrogens (tertiary/aromatic N) is 4.